The molecule has 0 saturated heterocycles. The highest BCUT2D eigenvalue weighted by molar-refractivity contribution is 6.21. The van der Waals surface area contributed by atoms with E-state index in [0.717, 1.165) is 11.9 Å². The molecule has 0 amide bonds. The second kappa shape index (κ2) is 3.29. The van der Waals surface area contributed by atoms with Crippen LogP contribution in [-0.4, -0.2) is 7.85 Å². The molecule has 1 heteroatoms. The average Bonchev–Trinajstić information content (AvgIpc) is 2.09. The van der Waals surface area contributed by atoms with E-state index in [1.54, 1.807) is 0 Å². The molecule has 74 valence electrons. The van der Waals surface area contributed by atoms with Crippen molar-refractivity contribution in [3.05, 3.63) is 23.7 Å². The van der Waals surface area contributed by atoms with E-state index in [0.29, 0.717) is 10.8 Å². The maximum atomic E-state index is 5.84. The van der Waals surface area contributed by atoms with Gasteiger partial charge < -0.3 is 0 Å². The van der Waals surface area contributed by atoms with Crippen LogP contribution in [0.1, 0.15) is 46.0 Å². The van der Waals surface area contributed by atoms with Crippen LogP contribution in [0, 0.1) is 10.8 Å². The van der Waals surface area contributed by atoms with Crippen LogP contribution in [0.3, 0.4) is 0 Å². The first-order valence-electron chi connectivity index (χ1n) is 5.64. The van der Waals surface area contributed by atoms with Crippen molar-refractivity contribution in [2.45, 2.75) is 46.0 Å². The van der Waals surface area contributed by atoms with Crippen molar-refractivity contribution in [3.63, 3.8) is 0 Å². The normalized spacial score (nSPS) is 35.7. The van der Waals surface area contributed by atoms with Crippen LogP contribution in [0.15, 0.2) is 23.7 Å². The van der Waals surface area contributed by atoms with E-state index in [2.05, 4.69) is 32.1 Å². The molecule has 0 N–H and O–H groups in total. The summed E-state index contributed by atoms with van der Waals surface area (Å²) in [6.07, 6.45) is 13.1. The Balaban J connectivity index is 2.16. The number of hydrogen-bond acceptors (Lipinski definition) is 0. The molecule has 0 nitrogen and oxygen atoms in total. The van der Waals surface area contributed by atoms with Crippen molar-refractivity contribution in [1.82, 2.24) is 0 Å². The van der Waals surface area contributed by atoms with E-state index >= 15 is 0 Å². The van der Waals surface area contributed by atoms with E-state index in [1.807, 2.05) is 0 Å². The lowest BCUT2D eigenvalue weighted by Gasteiger charge is -2.43. The van der Waals surface area contributed by atoms with Gasteiger partial charge in [-0.2, -0.15) is 0 Å². The topological polar surface area (TPSA) is 0 Å². The fraction of sp³-hybridized carbons (Fsp3) is 0.692. The van der Waals surface area contributed by atoms with Gasteiger partial charge in [-0.15, -0.1) is 5.47 Å². The summed E-state index contributed by atoms with van der Waals surface area (Å²) in [5.41, 5.74) is 2.02. The number of rotatable bonds is 0. The molecular weight excluding hydrogens is 167 g/mol. The molecule has 2 radical (unpaired) electrons. The molecule has 0 aromatic carbocycles. The average molecular weight is 186 g/mol. The second-order valence-electron chi connectivity index (χ2n) is 5.76. The maximum Gasteiger partial charge on any atom is 0.107 e. The van der Waals surface area contributed by atoms with E-state index in [4.69, 9.17) is 7.85 Å². The van der Waals surface area contributed by atoms with Crippen LogP contribution < -0.4 is 0 Å². The molecule has 0 heterocycles. The van der Waals surface area contributed by atoms with Gasteiger partial charge in [-0.1, -0.05) is 32.1 Å². The van der Waals surface area contributed by atoms with Crippen LogP contribution in [-0.2, 0) is 0 Å². The molecular formula is C13H19B. The van der Waals surface area contributed by atoms with Crippen LogP contribution in [0.5, 0.6) is 0 Å². The lowest BCUT2D eigenvalue weighted by molar-refractivity contribution is 0.158. The molecule has 0 aromatic heterocycles. The summed E-state index contributed by atoms with van der Waals surface area (Å²) in [5, 5.41) is 0. The Kier molecular flexibility index (Phi) is 2.37. The van der Waals surface area contributed by atoms with Gasteiger partial charge in [0.15, 0.2) is 0 Å². The first kappa shape index (κ1) is 10.1. The quantitative estimate of drug-likeness (QED) is 0.400. The van der Waals surface area contributed by atoms with Gasteiger partial charge in [0.25, 0.3) is 0 Å². The van der Waals surface area contributed by atoms with Gasteiger partial charge in [0.05, 0.1) is 0 Å². The zero-order chi connectivity index (χ0) is 10.2. The van der Waals surface area contributed by atoms with Crippen molar-refractivity contribution in [2.75, 3.05) is 0 Å². The third-order valence-electron chi connectivity index (χ3n) is 3.69. The Morgan fingerprint density at radius 3 is 2.64 bits per heavy atom. The number of allylic oxidation sites excluding steroid dienone is 4. The Labute approximate surface area is 88.9 Å². The summed E-state index contributed by atoms with van der Waals surface area (Å²) in [7, 11) is 5.84. The van der Waals surface area contributed by atoms with Gasteiger partial charge >= 0.3 is 0 Å². The van der Waals surface area contributed by atoms with Crippen LogP contribution in [0.4, 0.5) is 0 Å². The zero-order valence-electron chi connectivity index (χ0n) is 9.34. The molecule has 0 fully saturated rings. The van der Waals surface area contributed by atoms with Gasteiger partial charge in [0, 0.05) is 0 Å². The Morgan fingerprint density at radius 1 is 1.29 bits per heavy atom. The van der Waals surface area contributed by atoms with Crippen molar-refractivity contribution >= 4 is 7.85 Å². The Bertz CT molecular complexity index is 286. The molecule has 2 aliphatic rings. The van der Waals surface area contributed by atoms with Crippen molar-refractivity contribution in [2.24, 2.45) is 10.8 Å². The fourth-order valence-electron chi connectivity index (χ4n) is 3.03. The number of hydrogen-bond donors (Lipinski definition) is 0. The van der Waals surface area contributed by atoms with Gasteiger partial charge in [0.1, 0.15) is 7.85 Å². The molecule has 2 rings (SSSR count). The fourth-order valence-corrected chi connectivity index (χ4v) is 3.03. The van der Waals surface area contributed by atoms with Gasteiger partial charge in [-0.05, 0) is 42.9 Å². The molecule has 1 spiro atoms. The molecule has 1 atom stereocenters. The largest absolute Gasteiger partial charge is 0.122 e. The summed E-state index contributed by atoms with van der Waals surface area (Å²) in [6, 6.07) is 0. The third kappa shape index (κ3) is 1.97. The van der Waals surface area contributed by atoms with E-state index in [-0.39, 0.29) is 0 Å². The smallest absolute Gasteiger partial charge is 0.107 e. The minimum absolute atomic E-state index is 0.387. The maximum absolute atomic E-state index is 5.84. The summed E-state index contributed by atoms with van der Waals surface area (Å²) in [6.45, 7) is 4.68. The third-order valence-corrected chi connectivity index (χ3v) is 3.69. The lowest BCUT2D eigenvalue weighted by atomic mass is 9.60. The zero-order valence-corrected chi connectivity index (χ0v) is 9.34. The van der Waals surface area contributed by atoms with Crippen molar-refractivity contribution < 1.29 is 0 Å². The highest BCUT2D eigenvalue weighted by atomic mass is 14.4. The molecule has 0 aliphatic heterocycles. The molecule has 0 aromatic rings. The minimum Gasteiger partial charge on any atom is -0.122 e. The summed E-state index contributed by atoms with van der Waals surface area (Å²) >= 11 is 0. The van der Waals surface area contributed by atoms with Crippen LogP contribution in [0.2, 0.25) is 0 Å². The highest BCUT2D eigenvalue weighted by Gasteiger charge is 2.37. The van der Waals surface area contributed by atoms with E-state index in [9.17, 15) is 0 Å². The first-order valence-corrected chi connectivity index (χ1v) is 5.64. The van der Waals surface area contributed by atoms with E-state index in [1.165, 1.54) is 25.7 Å². The predicted molar refractivity (Wildman–Crippen MR) is 62.3 cm³/mol. The SMILES string of the molecule is [B]C1=CCC2(CC=CC(C)(C)C2)CC1. The van der Waals surface area contributed by atoms with Gasteiger partial charge in [0.2, 0.25) is 0 Å². The van der Waals surface area contributed by atoms with Crippen LogP contribution >= 0.6 is 0 Å². The molecule has 14 heavy (non-hydrogen) atoms. The first-order chi connectivity index (χ1) is 6.52. The molecule has 0 bridgehead atoms. The van der Waals surface area contributed by atoms with E-state index < -0.39 is 0 Å². The van der Waals surface area contributed by atoms with Crippen molar-refractivity contribution in [3.8, 4) is 0 Å². The Morgan fingerprint density at radius 2 is 2.07 bits per heavy atom. The highest BCUT2D eigenvalue weighted by Crippen LogP contribution is 2.49. The minimum atomic E-state index is 0.387. The monoisotopic (exact) mass is 186 g/mol. The second-order valence-corrected chi connectivity index (χ2v) is 5.76. The molecule has 2 aliphatic carbocycles. The lowest BCUT2D eigenvalue weighted by Crippen LogP contribution is -2.31. The standard InChI is InChI=1S/C13H19B/c1-12(2)6-3-7-13(10-12)8-4-11(14)5-9-13/h3-4,6H,5,7-10H2,1-2H3. The summed E-state index contributed by atoms with van der Waals surface area (Å²) in [4.78, 5) is 0. The summed E-state index contributed by atoms with van der Waals surface area (Å²) < 4.78 is 0. The Hall–Kier alpha value is -0.455. The predicted octanol–water partition coefficient (Wildman–Crippen LogP) is 3.59. The summed E-state index contributed by atoms with van der Waals surface area (Å²) in [5.74, 6) is 0. The van der Waals surface area contributed by atoms with Crippen molar-refractivity contribution in [1.29, 1.82) is 0 Å². The van der Waals surface area contributed by atoms with Crippen LogP contribution in [0.25, 0.3) is 0 Å². The van der Waals surface area contributed by atoms with Gasteiger partial charge in [-0.3, -0.25) is 0 Å². The molecule has 1 unspecified atom stereocenters. The van der Waals surface area contributed by atoms with Gasteiger partial charge in [-0.25, -0.2) is 0 Å². The molecule has 0 saturated carbocycles.